The third kappa shape index (κ3) is 4.34. The maximum absolute atomic E-state index is 10.9. The first-order valence-electron chi connectivity index (χ1n) is 10.9. The van der Waals surface area contributed by atoms with E-state index in [9.17, 15) is 10.1 Å². The van der Waals surface area contributed by atoms with Gasteiger partial charge in [-0.1, -0.05) is 48.6 Å². The maximum atomic E-state index is 10.9. The highest BCUT2D eigenvalue weighted by atomic mass is 16.6. The van der Waals surface area contributed by atoms with E-state index in [1.54, 1.807) is 12.1 Å². The molecule has 1 aliphatic carbocycles. The van der Waals surface area contributed by atoms with Gasteiger partial charge in [0.2, 0.25) is 0 Å². The zero-order chi connectivity index (χ0) is 22.6. The topological polar surface area (TPSA) is 58.4 Å². The summed E-state index contributed by atoms with van der Waals surface area (Å²) in [4.78, 5) is 12.8. The molecule has 162 valence electrons. The van der Waals surface area contributed by atoms with Gasteiger partial charge in [0.05, 0.1) is 10.6 Å². The molecule has 0 fully saturated rings. The fourth-order valence-corrected chi connectivity index (χ4v) is 4.17. The number of hydrogen-bond donors (Lipinski definition) is 1. The van der Waals surface area contributed by atoms with Crippen molar-refractivity contribution < 1.29 is 4.92 Å². The lowest BCUT2D eigenvalue weighted by atomic mass is 10.0. The van der Waals surface area contributed by atoms with Crippen molar-refractivity contribution in [1.82, 2.24) is 0 Å². The Kier molecular flexibility index (Phi) is 5.60. The molecule has 0 atom stereocenters. The molecule has 0 radical (unpaired) electrons. The molecule has 4 aromatic carbocycles. The Balaban J connectivity index is 1.49. The van der Waals surface area contributed by atoms with Gasteiger partial charge in [-0.2, -0.15) is 0 Å². The number of fused-ring (bicyclic) bond motifs is 1. The number of nitrogens with zero attached hydrogens (tertiary/aromatic N) is 2. The molecule has 0 aliphatic heterocycles. The first-order chi connectivity index (χ1) is 16.2. The summed E-state index contributed by atoms with van der Waals surface area (Å²) >= 11 is 0. The molecule has 5 rings (SSSR count). The third-order valence-corrected chi connectivity index (χ3v) is 5.78. The molecule has 5 nitrogen and oxygen atoms in total. The van der Waals surface area contributed by atoms with Crippen LogP contribution in [0.4, 0.5) is 28.4 Å². The lowest BCUT2D eigenvalue weighted by Gasteiger charge is -2.30. The van der Waals surface area contributed by atoms with Crippen molar-refractivity contribution in [3.63, 3.8) is 0 Å². The van der Waals surface area contributed by atoms with E-state index < -0.39 is 4.92 Å². The van der Waals surface area contributed by atoms with Crippen LogP contribution in [0.1, 0.15) is 12.8 Å². The summed E-state index contributed by atoms with van der Waals surface area (Å²) in [6.45, 7) is 0. The van der Waals surface area contributed by atoms with E-state index >= 15 is 0 Å². The van der Waals surface area contributed by atoms with Crippen molar-refractivity contribution >= 4 is 39.2 Å². The smallest absolute Gasteiger partial charge is 0.269 e. The highest BCUT2D eigenvalue weighted by Crippen LogP contribution is 2.38. The summed E-state index contributed by atoms with van der Waals surface area (Å²) in [5.74, 6) is 0. The van der Waals surface area contributed by atoms with Gasteiger partial charge < -0.3 is 10.2 Å². The van der Waals surface area contributed by atoms with Crippen molar-refractivity contribution in [2.75, 3.05) is 10.2 Å². The van der Waals surface area contributed by atoms with Crippen LogP contribution in [0.15, 0.2) is 115 Å². The van der Waals surface area contributed by atoms with Gasteiger partial charge in [-0.3, -0.25) is 10.1 Å². The van der Waals surface area contributed by atoms with Crippen LogP contribution in [-0.4, -0.2) is 4.92 Å². The van der Waals surface area contributed by atoms with E-state index in [1.165, 1.54) is 28.6 Å². The zero-order valence-electron chi connectivity index (χ0n) is 18.0. The summed E-state index contributed by atoms with van der Waals surface area (Å²) in [6.07, 6.45) is 8.51. The maximum Gasteiger partial charge on any atom is 0.269 e. The molecule has 4 aromatic rings. The van der Waals surface area contributed by atoms with Crippen molar-refractivity contribution in [3.05, 3.63) is 125 Å². The molecule has 0 bridgehead atoms. The second-order valence-electron chi connectivity index (χ2n) is 7.93. The highest BCUT2D eigenvalue weighted by molar-refractivity contribution is 5.97. The second-order valence-corrected chi connectivity index (χ2v) is 7.93. The fourth-order valence-electron chi connectivity index (χ4n) is 4.17. The molecule has 5 heteroatoms. The first-order valence-corrected chi connectivity index (χ1v) is 10.9. The molecule has 0 aromatic heterocycles. The van der Waals surface area contributed by atoms with E-state index in [-0.39, 0.29) is 5.69 Å². The number of anilines is 4. The fraction of sp³-hybridized carbons (Fsp3) is 0.0714. The molecule has 33 heavy (non-hydrogen) atoms. The van der Waals surface area contributed by atoms with Gasteiger partial charge in [-0.15, -0.1) is 0 Å². The molecule has 0 saturated carbocycles. The van der Waals surface area contributed by atoms with Gasteiger partial charge in [-0.05, 0) is 66.8 Å². The Morgan fingerprint density at radius 2 is 1.52 bits per heavy atom. The Labute approximate surface area is 192 Å². The lowest BCUT2D eigenvalue weighted by Crippen LogP contribution is -2.17. The predicted molar refractivity (Wildman–Crippen MR) is 135 cm³/mol. The number of nitrogens with one attached hydrogen (secondary N) is 1. The van der Waals surface area contributed by atoms with Crippen LogP contribution in [0.25, 0.3) is 10.8 Å². The number of nitro benzene ring substituents is 1. The van der Waals surface area contributed by atoms with Gasteiger partial charge in [0, 0.05) is 40.3 Å². The van der Waals surface area contributed by atoms with Crippen LogP contribution >= 0.6 is 0 Å². The number of nitro groups is 1. The van der Waals surface area contributed by atoms with E-state index in [1.807, 2.05) is 12.1 Å². The van der Waals surface area contributed by atoms with Crippen molar-refractivity contribution in [2.24, 2.45) is 0 Å². The average Bonchev–Trinajstić information content (AvgIpc) is 2.86. The van der Waals surface area contributed by atoms with E-state index in [4.69, 9.17) is 0 Å². The average molecular weight is 434 g/mol. The molecule has 1 N–H and O–H groups in total. The van der Waals surface area contributed by atoms with E-state index in [2.05, 4.69) is 83.0 Å². The summed E-state index contributed by atoms with van der Waals surface area (Å²) in [7, 11) is 0. The molecule has 0 spiro atoms. The van der Waals surface area contributed by atoms with Crippen LogP contribution in [0, 0.1) is 10.1 Å². The molecule has 0 unspecified atom stereocenters. The summed E-state index contributed by atoms with van der Waals surface area (Å²) < 4.78 is 0. The number of allylic oxidation sites excluding steroid dienone is 4. The Morgan fingerprint density at radius 1 is 0.818 bits per heavy atom. The normalized spacial score (nSPS) is 12.9. The molecule has 0 saturated heterocycles. The second kappa shape index (κ2) is 9.01. The van der Waals surface area contributed by atoms with Crippen molar-refractivity contribution in [3.8, 4) is 0 Å². The van der Waals surface area contributed by atoms with Crippen LogP contribution in [0.5, 0.6) is 0 Å². The van der Waals surface area contributed by atoms with Crippen LogP contribution in [0.2, 0.25) is 0 Å². The van der Waals surface area contributed by atoms with Gasteiger partial charge in [0.15, 0.2) is 0 Å². The Morgan fingerprint density at radius 3 is 2.21 bits per heavy atom. The summed E-state index contributed by atoms with van der Waals surface area (Å²) in [5.41, 5.74) is 5.30. The van der Waals surface area contributed by atoms with Gasteiger partial charge in [0.25, 0.3) is 5.69 Å². The molecule has 0 amide bonds. The minimum absolute atomic E-state index is 0.0800. The Bertz CT molecular complexity index is 1350. The Hall–Kier alpha value is -4.38. The minimum atomic E-state index is -0.393. The largest absolute Gasteiger partial charge is 0.356 e. The third-order valence-electron chi connectivity index (χ3n) is 5.78. The van der Waals surface area contributed by atoms with Crippen LogP contribution in [-0.2, 0) is 0 Å². The van der Waals surface area contributed by atoms with Crippen molar-refractivity contribution in [1.29, 1.82) is 0 Å². The van der Waals surface area contributed by atoms with Crippen LogP contribution < -0.4 is 10.2 Å². The standard InChI is InChI=1S/C28H23N3O2/c32-31(33)26-19-15-23(16-20-26)29-22-13-17-25(18-14-22)30(24-9-2-1-3-10-24)28-12-6-8-21-7-4-5-11-27(21)28/h1-2,4-9,11-20,29H,3,10H2. The molecule has 1 aliphatic rings. The van der Waals surface area contributed by atoms with E-state index in [0.29, 0.717) is 0 Å². The van der Waals surface area contributed by atoms with Gasteiger partial charge >= 0.3 is 0 Å². The molecule has 0 heterocycles. The first kappa shape index (κ1) is 20.5. The van der Waals surface area contributed by atoms with Crippen LogP contribution in [0.3, 0.4) is 0 Å². The summed E-state index contributed by atoms with van der Waals surface area (Å²) in [6, 6.07) is 29.6. The number of rotatable bonds is 6. The lowest BCUT2D eigenvalue weighted by molar-refractivity contribution is -0.384. The molecular formula is C28H23N3O2. The number of hydrogen-bond acceptors (Lipinski definition) is 4. The quantitative estimate of drug-likeness (QED) is 0.248. The number of benzene rings is 4. The predicted octanol–water partition coefficient (Wildman–Crippen LogP) is 7.86. The van der Waals surface area contributed by atoms with Gasteiger partial charge in [0.1, 0.15) is 0 Å². The molecular weight excluding hydrogens is 410 g/mol. The zero-order valence-corrected chi connectivity index (χ0v) is 18.0. The SMILES string of the molecule is O=[N+]([O-])c1ccc(Nc2ccc(N(C3=CC=CCC3)c3cccc4ccccc34)cc2)cc1. The van der Waals surface area contributed by atoms with Gasteiger partial charge in [-0.25, -0.2) is 0 Å². The van der Waals surface area contributed by atoms with Crippen molar-refractivity contribution in [2.45, 2.75) is 12.8 Å². The number of non-ortho nitro benzene ring substituents is 1. The summed E-state index contributed by atoms with van der Waals surface area (Å²) in [5, 5.41) is 16.6. The monoisotopic (exact) mass is 433 g/mol. The highest BCUT2D eigenvalue weighted by Gasteiger charge is 2.17. The minimum Gasteiger partial charge on any atom is -0.356 e. The van der Waals surface area contributed by atoms with E-state index in [0.717, 1.165) is 35.6 Å².